The molecule has 3 N–H and O–H groups in total. The van der Waals surface area contributed by atoms with E-state index in [1.54, 1.807) is 45.7 Å². The van der Waals surface area contributed by atoms with E-state index < -0.39 is 42.3 Å². The lowest BCUT2D eigenvalue weighted by Crippen LogP contribution is -2.55. The summed E-state index contributed by atoms with van der Waals surface area (Å²) in [6.45, 7) is 12.3. The third kappa shape index (κ3) is 10.1. The molecule has 4 aliphatic heterocycles. The van der Waals surface area contributed by atoms with Crippen LogP contribution in [-0.4, -0.2) is 121 Å². The summed E-state index contributed by atoms with van der Waals surface area (Å²) in [7, 11) is -1.30. The zero-order valence-electron chi connectivity index (χ0n) is 39.9. The molecule has 2 aromatic heterocycles. The van der Waals surface area contributed by atoms with E-state index in [1.807, 2.05) is 9.80 Å². The van der Waals surface area contributed by atoms with Crippen molar-refractivity contribution in [2.45, 2.75) is 64.3 Å². The minimum Gasteiger partial charge on any atom is -0.494 e. The first-order valence-corrected chi connectivity index (χ1v) is 27.2. The number of halogens is 4. The van der Waals surface area contributed by atoms with E-state index in [0.29, 0.717) is 93.9 Å². The molecular weight excluding hydrogens is 988 g/mol. The maximum Gasteiger partial charge on any atom is 0.234 e. The second-order valence-corrected chi connectivity index (χ2v) is 23.0. The average Bonchev–Trinajstić information content (AvgIpc) is 3.83. The Balaban J connectivity index is 0.800. The van der Waals surface area contributed by atoms with Crippen LogP contribution in [0.2, 0.25) is 0 Å². The molecule has 70 heavy (non-hydrogen) atoms. The normalized spacial score (nSPS) is 19.5. The molecule has 2 unspecified atom stereocenters. The minimum atomic E-state index is -2.94. The number of fused-ring (bicyclic) bond motifs is 1. The second-order valence-electron chi connectivity index (χ2n) is 18.9. The number of amides is 3. The van der Waals surface area contributed by atoms with Gasteiger partial charge in [-0.2, -0.15) is 4.98 Å². The number of carbonyl (C=O) groups excluding carboxylic acids is 3. The molecule has 3 aromatic carbocycles. The Bertz CT molecular complexity index is 2900. The molecule has 15 nitrogen and oxygen atoms in total. The first-order valence-electron chi connectivity index (χ1n) is 23.8. The number of piperazine rings is 1. The largest absolute Gasteiger partial charge is 0.494 e. The average molecular weight is 1050 g/mol. The SMILES string of the molecule is CCc1cc(Nc2ncc(Br)c(Nc3ccc4nc(C)c(F)cc4c3P(C)(C)=O)n2)c(OC)cc1N1CCC(N2CCN(C(=O)C3CCN(c4cc(F)c(C5CCC(=O)NC5=O)c(F)c4)C3)CC2)CC1. The van der Waals surface area contributed by atoms with Gasteiger partial charge in [-0.1, -0.05) is 6.92 Å². The lowest BCUT2D eigenvalue weighted by Gasteiger charge is -2.44. The number of carbonyl (C=O) groups is 3. The Kier molecular flexibility index (Phi) is 14.2. The van der Waals surface area contributed by atoms with E-state index in [0.717, 1.165) is 56.7 Å². The molecule has 9 rings (SSSR count). The molecule has 6 heterocycles. The third-order valence-electron chi connectivity index (χ3n) is 14.2. The monoisotopic (exact) mass is 1040 g/mol. The number of aryl methyl sites for hydroxylation is 2. The van der Waals surface area contributed by atoms with Crippen molar-refractivity contribution in [2.75, 3.05) is 93.2 Å². The van der Waals surface area contributed by atoms with Crippen molar-refractivity contribution in [1.29, 1.82) is 0 Å². The summed E-state index contributed by atoms with van der Waals surface area (Å²) in [5, 5.41) is 9.79. The summed E-state index contributed by atoms with van der Waals surface area (Å²) in [4.78, 5) is 60.0. The predicted molar refractivity (Wildman–Crippen MR) is 269 cm³/mol. The number of imide groups is 1. The standard InChI is InChI=1S/C50H57BrF3N10O5P/c1-6-29-21-41(58-50-55-26-35(51)47(60-50)57-40-9-8-39-34(46(40)70(4,5)68)24-36(52)28(2)56-39)43(69-3)25-42(29)62-15-12-31(13-16-62)61-17-19-63(20-18-61)49(67)30-11-14-64(27-30)32-22-37(53)45(38(54)23-32)33-7-10-44(65)59-48(33)66/h8-9,21-26,30-31,33H,6-7,10-20,27H2,1-5H3,(H,59,65,66)(H2,55,57,58,60). The van der Waals surface area contributed by atoms with Gasteiger partial charge in [0.2, 0.25) is 23.7 Å². The number of hydrogen-bond donors (Lipinski definition) is 3. The number of nitrogens with one attached hydrogen (secondary N) is 3. The van der Waals surface area contributed by atoms with E-state index in [-0.39, 0.29) is 35.9 Å². The molecule has 0 spiro atoms. The van der Waals surface area contributed by atoms with Crippen LogP contribution >= 0.6 is 23.1 Å². The summed E-state index contributed by atoms with van der Waals surface area (Å²) < 4.78 is 65.5. The Labute approximate surface area is 413 Å². The Morgan fingerprint density at radius 2 is 1.60 bits per heavy atom. The number of nitrogens with zero attached hydrogens (tertiary/aromatic N) is 7. The highest BCUT2D eigenvalue weighted by molar-refractivity contribution is 9.10. The number of ether oxygens (including phenoxy) is 1. The highest BCUT2D eigenvalue weighted by atomic mass is 79.9. The van der Waals surface area contributed by atoms with Crippen molar-refractivity contribution >= 4 is 91.5 Å². The fraction of sp³-hybridized carbons (Fsp3) is 0.440. The summed E-state index contributed by atoms with van der Waals surface area (Å²) >= 11 is 3.56. The summed E-state index contributed by atoms with van der Waals surface area (Å²) in [5.74, 6) is -3.21. The molecule has 2 atom stereocenters. The van der Waals surface area contributed by atoms with Crippen molar-refractivity contribution in [2.24, 2.45) is 5.92 Å². The molecule has 4 fully saturated rings. The van der Waals surface area contributed by atoms with E-state index in [9.17, 15) is 23.3 Å². The fourth-order valence-electron chi connectivity index (χ4n) is 10.5. The first kappa shape index (κ1) is 49.2. The predicted octanol–water partition coefficient (Wildman–Crippen LogP) is 7.98. The van der Waals surface area contributed by atoms with Crippen molar-refractivity contribution in [3.05, 3.63) is 87.4 Å². The van der Waals surface area contributed by atoms with Crippen LogP contribution in [0.3, 0.4) is 0 Å². The van der Waals surface area contributed by atoms with Gasteiger partial charge in [-0.25, -0.2) is 18.2 Å². The fourth-order valence-corrected chi connectivity index (χ4v) is 12.3. The van der Waals surface area contributed by atoms with E-state index in [4.69, 9.17) is 9.72 Å². The van der Waals surface area contributed by atoms with Gasteiger partial charge in [0.1, 0.15) is 36.2 Å². The van der Waals surface area contributed by atoms with Crippen LogP contribution < -0.4 is 35.8 Å². The Hall–Kier alpha value is -5.78. The van der Waals surface area contributed by atoms with Crippen LogP contribution in [0.1, 0.15) is 61.8 Å². The van der Waals surface area contributed by atoms with Crippen molar-refractivity contribution in [3.8, 4) is 5.75 Å². The maximum absolute atomic E-state index is 15.3. The van der Waals surface area contributed by atoms with Crippen LogP contribution in [0, 0.1) is 30.3 Å². The number of benzene rings is 3. The summed E-state index contributed by atoms with van der Waals surface area (Å²) in [6.07, 6.45) is 4.97. The van der Waals surface area contributed by atoms with Gasteiger partial charge < -0.3 is 34.6 Å². The molecule has 0 aliphatic carbocycles. The number of rotatable bonds is 12. The van der Waals surface area contributed by atoms with E-state index in [2.05, 4.69) is 70.7 Å². The van der Waals surface area contributed by atoms with E-state index >= 15 is 8.78 Å². The highest BCUT2D eigenvalue weighted by Gasteiger charge is 2.37. The van der Waals surface area contributed by atoms with Crippen LogP contribution in [0.15, 0.2) is 53.1 Å². The number of aromatic nitrogens is 3. The molecule has 0 saturated carbocycles. The van der Waals surface area contributed by atoms with E-state index in [1.165, 1.54) is 18.2 Å². The van der Waals surface area contributed by atoms with Crippen molar-refractivity contribution in [1.82, 2.24) is 30.1 Å². The molecule has 4 saturated heterocycles. The smallest absolute Gasteiger partial charge is 0.234 e. The first-order chi connectivity index (χ1) is 33.5. The summed E-state index contributed by atoms with van der Waals surface area (Å²) in [5.41, 5.74) is 4.29. The molecule has 370 valence electrons. The van der Waals surface area contributed by atoms with Gasteiger partial charge in [-0.05, 0) is 110 Å². The molecule has 0 radical (unpaired) electrons. The van der Waals surface area contributed by atoms with Gasteiger partial charge in [0.25, 0.3) is 0 Å². The van der Waals surface area contributed by atoms with Gasteiger partial charge in [0.15, 0.2) is 0 Å². The van der Waals surface area contributed by atoms with Crippen molar-refractivity contribution in [3.63, 3.8) is 0 Å². The lowest BCUT2D eigenvalue weighted by molar-refractivity contribution is -0.137. The van der Waals surface area contributed by atoms with Crippen LogP contribution in [0.4, 0.5) is 47.7 Å². The van der Waals surface area contributed by atoms with Gasteiger partial charge in [0.05, 0.1) is 46.0 Å². The zero-order valence-corrected chi connectivity index (χ0v) is 42.4. The minimum absolute atomic E-state index is 0.0209. The van der Waals surface area contributed by atoms with Gasteiger partial charge in [0, 0.05) is 105 Å². The quantitative estimate of drug-likeness (QED) is 0.0815. The topological polar surface area (TPSA) is 165 Å². The summed E-state index contributed by atoms with van der Waals surface area (Å²) in [6, 6.07) is 11.9. The maximum atomic E-state index is 15.3. The number of hydrogen-bond acceptors (Lipinski definition) is 13. The van der Waals surface area contributed by atoms with Crippen LogP contribution in [0.25, 0.3) is 10.9 Å². The van der Waals surface area contributed by atoms with Gasteiger partial charge in [-0.3, -0.25) is 29.6 Å². The Morgan fingerprint density at radius 1 is 0.886 bits per heavy atom. The molecule has 0 bridgehead atoms. The number of anilines is 6. The molecule has 5 aromatic rings. The molecular formula is C50H57BrF3N10O5P. The molecule has 3 amide bonds. The molecule has 20 heteroatoms. The number of piperidine rings is 2. The molecule has 4 aliphatic rings. The number of methoxy groups -OCH3 is 1. The lowest BCUT2D eigenvalue weighted by atomic mass is 9.89. The Morgan fingerprint density at radius 3 is 2.27 bits per heavy atom. The highest BCUT2D eigenvalue weighted by Crippen LogP contribution is 2.43. The van der Waals surface area contributed by atoms with Crippen LogP contribution in [0.5, 0.6) is 5.75 Å². The zero-order chi connectivity index (χ0) is 49.6. The van der Waals surface area contributed by atoms with Gasteiger partial charge >= 0.3 is 0 Å². The van der Waals surface area contributed by atoms with Crippen LogP contribution in [-0.2, 0) is 25.4 Å². The second kappa shape index (κ2) is 20.1. The van der Waals surface area contributed by atoms with Crippen molar-refractivity contribution < 1.29 is 36.9 Å². The third-order valence-corrected chi connectivity index (χ3v) is 16.3. The number of pyridine rings is 1. The van der Waals surface area contributed by atoms with Gasteiger partial charge in [-0.15, -0.1) is 0 Å².